The number of nitrogens with zero attached hydrogens (tertiary/aromatic N) is 5. The lowest BCUT2D eigenvalue weighted by molar-refractivity contribution is -0.383. The normalized spacial score (nSPS) is 24.9. The van der Waals surface area contributed by atoms with Crippen LogP contribution in [0.25, 0.3) is 0 Å². The molecule has 10 heteroatoms. The number of hydrogen-bond donors (Lipinski definition) is 1. The van der Waals surface area contributed by atoms with Gasteiger partial charge in [0.15, 0.2) is 0 Å². The van der Waals surface area contributed by atoms with Crippen molar-refractivity contribution in [1.82, 2.24) is 9.97 Å². The molecule has 0 radical (unpaired) electrons. The highest BCUT2D eigenvalue weighted by atomic mass is 16.6. The summed E-state index contributed by atoms with van der Waals surface area (Å²) in [4.78, 5) is 23.4. The van der Waals surface area contributed by atoms with Gasteiger partial charge in [0.05, 0.1) is 30.3 Å². The molecule has 2 fully saturated rings. The fourth-order valence-corrected chi connectivity index (χ4v) is 3.10. The zero-order valence-electron chi connectivity index (χ0n) is 13.8. The van der Waals surface area contributed by atoms with E-state index in [2.05, 4.69) is 9.97 Å². The molecule has 0 saturated carbocycles. The van der Waals surface area contributed by atoms with E-state index in [0.717, 1.165) is 0 Å². The molecule has 2 unspecified atom stereocenters. The Morgan fingerprint density at radius 1 is 1.17 bits per heavy atom. The molecule has 0 spiro atoms. The van der Waals surface area contributed by atoms with Crippen molar-refractivity contribution in [2.75, 3.05) is 54.9 Å². The third-order valence-corrected chi connectivity index (χ3v) is 4.08. The number of nitro groups is 1. The van der Waals surface area contributed by atoms with E-state index in [1.807, 2.05) is 23.6 Å². The fourth-order valence-electron chi connectivity index (χ4n) is 3.10. The average molecular weight is 338 g/mol. The van der Waals surface area contributed by atoms with Gasteiger partial charge in [-0.2, -0.15) is 9.97 Å². The van der Waals surface area contributed by atoms with Gasteiger partial charge in [0.1, 0.15) is 0 Å². The maximum Gasteiger partial charge on any atom is 0.353 e. The first-order valence-electron chi connectivity index (χ1n) is 8.00. The van der Waals surface area contributed by atoms with Gasteiger partial charge in [-0.25, -0.2) is 0 Å². The van der Waals surface area contributed by atoms with E-state index in [4.69, 9.17) is 15.2 Å². The Kier molecular flexibility index (Phi) is 4.67. The molecule has 0 amide bonds. The molecule has 0 bridgehead atoms. The molecule has 1 aromatic heterocycles. The molecule has 2 saturated heterocycles. The van der Waals surface area contributed by atoms with Crippen LogP contribution in [0.1, 0.15) is 13.8 Å². The number of hydrogen-bond acceptors (Lipinski definition) is 9. The van der Waals surface area contributed by atoms with Crippen LogP contribution in [-0.4, -0.2) is 66.5 Å². The van der Waals surface area contributed by atoms with Crippen LogP contribution in [-0.2, 0) is 9.47 Å². The molecule has 10 nitrogen and oxygen atoms in total. The maximum absolute atomic E-state index is 11.5. The Morgan fingerprint density at radius 2 is 1.79 bits per heavy atom. The van der Waals surface area contributed by atoms with Crippen molar-refractivity contribution in [2.45, 2.75) is 26.1 Å². The average Bonchev–Trinajstić information content (AvgIpc) is 2.53. The largest absolute Gasteiger partial charge is 0.378 e. The van der Waals surface area contributed by atoms with Crippen molar-refractivity contribution in [1.29, 1.82) is 0 Å². The first-order chi connectivity index (χ1) is 11.5. The van der Waals surface area contributed by atoms with Crippen LogP contribution < -0.4 is 15.5 Å². The highest BCUT2D eigenvalue weighted by Gasteiger charge is 2.33. The second-order valence-electron chi connectivity index (χ2n) is 6.10. The Labute approximate surface area is 139 Å². The monoisotopic (exact) mass is 338 g/mol. The molecular formula is C14H22N6O4. The summed E-state index contributed by atoms with van der Waals surface area (Å²) in [6, 6.07) is 0. The van der Waals surface area contributed by atoms with Gasteiger partial charge in [0.25, 0.3) is 0 Å². The summed E-state index contributed by atoms with van der Waals surface area (Å²) < 4.78 is 11.0. The minimum Gasteiger partial charge on any atom is -0.378 e. The first kappa shape index (κ1) is 16.7. The molecule has 2 aliphatic heterocycles. The fraction of sp³-hybridized carbons (Fsp3) is 0.714. The van der Waals surface area contributed by atoms with Crippen LogP contribution >= 0.6 is 0 Å². The van der Waals surface area contributed by atoms with Gasteiger partial charge in [0.2, 0.25) is 17.6 Å². The summed E-state index contributed by atoms with van der Waals surface area (Å²) in [5.74, 6) is 0.553. The second kappa shape index (κ2) is 6.73. The smallest absolute Gasteiger partial charge is 0.353 e. The molecular weight excluding hydrogens is 316 g/mol. The Morgan fingerprint density at radius 3 is 2.38 bits per heavy atom. The number of morpholine rings is 2. The topological polar surface area (TPSA) is 120 Å². The van der Waals surface area contributed by atoms with Crippen molar-refractivity contribution in [3.8, 4) is 0 Å². The van der Waals surface area contributed by atoms with E-state index in [-0.39, 0.29) is 29.5 Å². The van der Waals surface area contributed by atoms with Gasteiger partial charge in [-0.1, -0.05) is 0 Å². The number of rotatable bonds is 3. The number of nitrogen functional groups attached to an aromatic ring is 1. The highest BCUT2D eigenvalue weighted by Crippen LogP contribution is 2.34. The lowest BCUT2D eigenvalue weighted by Gasteiger charge is -2.36. The van der Waals surface area contributed by atoms with Crippen molar-refractivity contribution in [3.63, 3.8) is 0 Å². The molecule has 3 rings (SSSR count). The second-order valence-corrected chi connectivity index (χ2v) is 6.10. The van der Waals surface area contributed by atoms with E-state index >= 15 is 0 Å². The van der Waals surface area contributed by atoms with Crippen LogP contribution in [0.3, 0.4) is 0 Å². The summed E-state index contributed by atoms with van der Waals surface area (Å²) in [6.07, 6.45) is -0.0900. The van der Waals surface area contributed by atoms with E-state index in [1.54, 1.807) is 0 Å². The first-order valence-corrected chi connectivity index (χ1v) is 8.00. The van der Waals surface area contributed by atoms with Crippen molar-refractivity contribution in [3.05, 3.63) is 10.1 Å². The van der Waals surface area contributed by atoms with Gasteiger partial charge < -0.3 is 25.0 Å². The van der Waals surface area contributed by atoms with E-state index in [9.17, 15) is 10.1 Å². The lowest BCUT2D eigenvalue weighted by atomic mass is 10.2. The molecule has 132 valence electrons. The van der Waals surface area contributed by atoms with Crippen molar-refractivity contribution < 1.29 is 14.4 Å². The predicted molar refractivity (Wildman–Crippen MR) is 88.4 cm³/mol. The Bertz CT molecular complexity index is 612. The van der Waals surface area contributed by atoms with Gasteiger partial charge in [-0.15, -0.1) is 0 Å². The molecule has 1 aromatic rings. The summed E-state index contributed by atoms with van der Waals surface area (Å²) >= 11 is 0. The van der Waals surface area contributed by atoms with E-state index in [1.165, 1.54) is 0 Å². The molecule has 0 aliphatic carbocycles. The molecule has 3 heterocycles. The predicted octanol–water partition coefficient (Wildman–Crippen LogP) is 0.417. The standard InChI is InChI=1S/C14H22N6O4/c1-9-7-19(8-10(2)24-9)13-11(20(21)22)12(15)16-14(17-13)18-3-5-23-6-4-18/h9-10H,3-8H2,1-2H3,(H2,15,16,17). The minimum absolute atomic E-state index is 0.0450. The Hall–Kier alpha value is -2.20. The van der Waals surface area contributed by atoms with Gasteiger partial charge in [0, 0.05) is 26.2 Å². The summed E-state index contributed by atoms with van der Waals surface area (Å²) in [6.45, 7) is 7.31. The summed E-state index contributed by atoms with van der Waals surface area (Å²) in [5, 5.41) is 11.5. The number of nitrogens with two attached hydrogens (primary N) is 1. The van der Waals surface area contributed by atoms with Gasteiger partial charge in [-0.3, -0.25) is 10.1 Å². The number of ether oxygens (including phenoxy) is 2. The molecule has 2 aliphatic rings. The minimum atomic E-state index is -0.515. The SMILES string of the molecule is CC1CN(c2nc(N3CCOCC3)nc(N)c2[N+](=O)[O-])CC(C)O1. The Balaban J connectivity index is 2.00. The third-order valence-electron chi connectivity index (χ3n) is 4.08. The van der Waals surface area contributed by atoms with Crippen LogP contribution in [0.2, 0.25) is 0 Å². The van der Waals surface area contributed by atoms with Crippen molar-refractivity contribution in [2.24, 2.45) is 0 Å². The van der Waals surface area contributed by atoms with Crippen LogP contribution in [0.4, 0.5) is 23.3 Å². The van der Waals surface area contributed by atoms with Gasteiger partial charge in [-0.05, 0) is 13.8 Å². The zero-order chi connectivity index (χ0) is 17.3. The van der Waals surface area contributed by atoms with Crippen LogP contribution in [0.5, 0.6) is 0 Å². The highest BCUT2D eigenvalue weighted by molar-refractivity contribution is 5.71. The molecule has 24 heavy (non-hydrogen) atoms. The molecule has 2 atom stereocenters. The maximum atomic E-state index is 11.5. The summed E-state index contributed by atoms with van der Waals surface area (Å²) in [7, 11) is 0. The van der Waals surface area contributed by atoms with Gasteiger partial charge >= 0.3 is 5.69 Å². The number of anilines is 3. The van der Waals surface area contributed by atoms with E-state index < -0.39 is 4.92 Å². The third kappa shape index (κ3) is 3.34. The zero-order valence-corrected chi connectivity index (χ0v) is 13.8. The van der Waals surface area contributed by atoms with Crippen LogP contribution in [0, 0.1) is 10.1 Å². The number of aromatic nitrogens is 2. The van der Waals surface area contributed by atoms with E-state index in [0.29, 0.717) is 45.3 Å². The molecule has 0 aromatic carbocycles. The lowest BCUT2D eigenvalue weighted by Crippen LogP contribution is -2.46. The summed E-state index contributed by atoms with van der Waals surface area (Å²) in [5.41, 5.74) is 5.65. The molecule has 2 N–H and O–H groups in total. The van der Waals surface area contributed by atoms with Crippen molar-refractivity contribution >= 4 is 23.3 Å². The van der Waals surface area contributed by atoms with Crippen LogP contribution in [0.15, 0.2) is 0 Å². The quantitative estimate of drug-likeness (QED) is 0.617.